The van der Waals surface area contributed by atoms with E-state index in [2.05, 4.69) is 32.9 Å². The number of hydrogen-bond donors (Lipinski definition) is 1. The van der Waals surface area contributed by atoms with Crippen LogP contribution in [0.3, 0.4) is 0 Å². The second kappa shape index (κ2) is 10.9. The van der Waals surface area contributed by atoms with Crippen LogP contribution in [0.2, 0.25) is 0 Å². The predicted octanol–water partition coefficient (Wildman–Crippen LogP) is 6.94. The highest BCUT2D eigenvalue weighted by Gasteiger charge is 2.61. The molecule has 5 nitrogen and oxygen atoms in total. The molecule has 0 aromatic carbocycles. The molecule has 0 radical (unpaired) electrons. The fourth-order valence-corrected chi connectivity index (χ4v) is 9.85. The van der Waals surface area contributed by atoms with Crippen LogP contribution >= 0.6 is 0 Å². The molecule has 38 heavy (non-hydrogen) atoms. The number of hydrogen-bond acceptors (Lipinski definition) is 5. The zero-order valence-electron chi connectivity index (χ0n) is 24.3. The predicted molar refractivity (Wildman–Crippen MR) is 148 cm³/mol. The number of rotatable bonds is 6. The van der Waals surface area contributed by atoms with Gasteiger partial charge in [-0.2, -0.15) is 0 Å². The van der Waals surface area contributed by atoms with Gasteiger partial charge in [-0.15, -0.1) is 0 Å². The monoisotopic (exact) mass is 528 g/mol. The van der Waals surface area contributed by atoms with E-state index in [4.69, 9.17) is 18.9 Å². The van der Waals surface area contributed by atoms with Crippen molar-refractivity contribution in [3.63, 3.8) is 0 Å². The molecule has 5 heteroatoms. The zero-order chi connectivity index (χ0) is 26.5. The van der Waals surface area contributed by atoms with Crippen LogP contribution in [-0.2, 0) is 18.9 Å². The molecule has 0 amide bonds. The quantitative estimate of drug-likeness (QED) is 0.405. The van der Waals surface area contributed by atoms with Crippen molar-refractivity contribution in [3.8, 4) is 0 Å². The van der Waals surface area contributed by atoms with Crippen LogP contribution in [0.15, 0.2) is 23.3 Å². The van der Waals surface area contributed by atoms with Gasteiger partial charge in [0.05, 0.1) is 18.3 Å². The summed E-state index contributed by atoms with van der Waals surface area (Å²) in [5, 5.41) is 10.7. The molecule has 6 aliphatic rings. The molecule has 2 heterocycles. The van der Waals surface area contributed by atoms with Gasteiger partial charge in [0, 0.05) is 24.5 Å². The van der Waals surface area contributed by atoms with Gasteiger partial charge in [-0.25, -0.2) is 0 Å². The molecule has 214 valence electrons. The van der Waals surface area contributed by atoms with Crippen LogP contribution in [0.4, 0.5) is 0 Å². The first kappa shape index (κ1) is 27.4. The third kappa shape index (κ3) is 4.57. The van der Waals surface area contributed by atoms with E-state index in [-0.39, 0.29) is 41.7 Å². The van der Waals surface area contributed by atoms with E-state index in [9.17, 15) is 5.11 Å². The Morgan fingerprint density at radius 1 is 0.921 bits per heavy atom. The van der Waals surface area contributed by atoms with Crippen molar-refractivity contribution in [1.29, 1.82) is 0 Å². The van der Waals surface area contributed by atoms with Crippen molar-refractivity contribution >= 4 is 0 Å². The summed E-state index contributed by atoms with van der Waals surface area (Å²) in [5.74, 6) is 1.77. The molecule has 5 fully saturated rings. The minimum atomic E-state index is -0.231. The van der Waals surface area contributed by atoms with Crippen LogP contribution in [0, 0.1) is 34.5 Å². The van der Waals surface area contributed by atoms with E-state index in [1.165, 1.54) is 37.7 Å². The summed E-state index contributed by atoms with van der Waals surface area (Å²) >= 11 is 0. The lowest BCUT2D eigenvalue weighted by molar-refractivity contribution is -0.262. The molecule has 11 atom stereocenters. The molecule has 0 spiro atoms. The lowest BCUT2D eigenvalue weighted by Crippen LogP contribution is -2.59. The van der Waals surface area contributed by atoms with E-state index in [0.717, 1.165) is 58.2 Å². The number of fused-ring (bicyclic) bond motifs is 5. The summed E-state index contributed by atoms with van der Waals surface area (Å²) in [6, 6.07) is 0. The summed E-state index contributed by atoms with van der Waals surface area (Å²) < 4.78 is 26.1. The fourth-order valence-electron chi connectivity index (χ4n) is 9.85. The van der Waals surface area contributed by atoms with Crippen LogP contribution in [0.1, 0.15) is 105 Å². The fraction of sp³-hybridized carbons (Fsp3) is 0.879. The normalized spacial score (nSPS) is 47.8. The second-order valence-corrected chi connectivity index (χ2v) is 13.8. The van der Waals surface area contributed by atoms with Crippen LogP contribution in [0.5, 0.6) is 0 Å². The minimum absolute atomic E-state index is 0.0525. The van der Waals surface area contributed by atoms with Crippen molar-refractivity contribution in [2.24, 2.45) is 34.5 Å². The molecular formula is C33H52O5. The van der Waals surface area contributed by atoms with Gasteiger partial charge in [0.15, 0.2) is 12.6 Å². The zero-order valence-corrected chi connectivity index (χ0v) is 24.3. The Hall–Kier alpha value is -0.720. The van der Waals surface area contributed by atoms with Gasteiger partial charge in [-0.1, -0.05) is 44.1 Å². The summed E-state index contributed by atoms with van der Waals surface area (Å²) in [5.41, 5.74) is 3.29. The number of aliphatic hydroxyl groups excluding tert-OH is 1. The maximum Gasteiger partial charge on any atom is 0.158 e. The van der Waals surface area contributed by atoms with Crippen molar-refractivity contribution < 1.29 is 24.1 Å². The maximum atomic E-state index is 10.7. The average Bonchev–Trinajstić information content (AvgIpc) is 3.28. The van der Waals surface area contributed by atoms with Gasteiger partial charge in [-0.3, -0.25) is 0 Å². The highest BCUT2D eigenvalue weighted by molar-refractivity contribution is 5.40. The number of ether oxygens (including phenoxy) is 4. The molecule has 6 rings (SSSR count). The summed E-state index contributed by atoms with van der Waals surface area (Å²) in [6.45, 7) is 10.9. The first-order valence-corrected chi connectivity index (χ1v) is 16.0. The maximum absolute atomic E-state index is 10.7. The number of aliphatic hydroxyl groups is 1. The van der Waals surface area contributed by atoms with Crippen LogP contribution in [-0.4, -0.2) is 49.2 Å². The molecule has 4 aliphatic carbocycles. The second-order valence-electron chi connectivity index (χ2n) is 13.8. The Morgan fingerprint density at radius 2 is 1.63 bits per heavy atom. The van der Waals surface area contributed by atoms with E-state index in [1.807, 2.05) is 6.92 Å². The highest BCUT2D eigenvalue weighted by Crippen LogP contribution is 2.66. The Bertz CT molecular complexity index is 899. The largest absolute Gasteiger partial charge is 0.393 e. The van der Waals surface area contributed by atoms with Crippen molar-refractivity contribution in [2.75, 3.05) is 13.2 Å². The van der Waals surface area contributed by atoms with Gasteiger partial charge in [0.25, 0.3) is 0 Å². The lowest BCUT2D eigenvalue weighted by atomic mass is 9.48. The molecule has 3 saturated carbocycles. The molecule has 2 saturated heterocycles. The molecule has 2 unspecified atom stereocenters. The SMILES string of the molecule is CC[C@@H]1[C@H](OC2CCCCO2)CC2=CC=C3[C@@H]4CC[C@H]([C@@H](C)O)[C@@]4(C)CC[C@@H]3[C@@]2(C)[C@H]1OC1CCCCO1. The van der Waals surface area contributed by atoms with Gasteiger partial charge < -0.3 is 24.1 Å². The first-order chi connectivity index (χ1) is 18.4. The van der Waals surface area contributed by atoms with Crippen LogP contribution in [0.25, 0.3) is 0 Å². The highest BCUT2D eigenvalue weighted by atomic mass is 16.7. The molecular weight excluding hydrogens is 476 g/mol. The molecule has 0 bridgehead atoms. The topological polar surface area (TPSA) is 57.2 Å². The van der Waals surface area contributed by atoms with Gasteiger partial charge in [0.1, 0.15) is 0 Å². The minimum Gasteiger partial charge on any atom is -0.393 e. The molecule has 1 N–H and O–H groups in total. The number of allylic oxidation sites excluding steroid dienone is 3. The molecule has 2 aliphatic heterocycles. The Morgan fingerprint density at radius 3 is 2.26 bits per heavy atom. The first-order valence-electron chi connectivity index (χ1n) is 16.0. The Balaban J connectivity index is 1.35. The molecule has 0 aromatic heterocycles. The average molecular weight is 529 g/mol. The van der Waals surface area contributed by atoms with Gasteiger partial charge in [-0.05, 0) is 107 Å². The summed E-state index contributed by atoms with van der Waals surface area (Å²) in [7, 11) is 0. The Labute approximate surface area is 230 Å². The summed E-state index contributed by atoms with van der Waals surface area (Å²) in [6.07, 6.45) is 18.0. The van der Waals surface area contributed by atoms with E-state index in [1.54, 1.807) is 5.57 Å². The van der Waals surface area contributed by atoms with Gasteiger partial charge in [0.2, 0.25) is 0 Å². The molecule has 0 aromatic rings. The van der Waals surface area contributed by atoms with Gasteiger partial charge >= 0.3 is 0 Å². The third-order valence-corrected chi connectivity index (χ3v) is 11.9. The van der Waals surface area contributed by atoms with Crippen LogP contribution < -0.4 is 0 Å². The standard InChI is InChI=1S/C33H52O5/c1-5-23-28(37-29-10-6-8-18-35-29)20-22-12-13-24-26-15-14-25(21(2)34)32(26,3)17-16-27(24)33(22,4)31(23)38-30-11-7-9-19-36-30/h12-13,21,23,25-31,34H,5-11,14-20H2,1-4H3/t21-,23-,25-,26+,27+,28-,29?,30?,31+,32-,33+/m1/s1. The van der Waals surface area contributed by atoms with Crippen molar-refractivity contribution in [3.05, 3.63) is 23.3 Å². The summed E-state index contributed by atoms with van der Waals surface area (Å²) in [4.78, 5) is 0. The van der Waals surface area contributed by atoms with Crippen molar-refractivity contribution in [1.82, 2.24) is 0 Å². The van der Waals surface area contributed by atoms with E-state index >= 15 is 0 Å². The smallest absolute Gasteiger partial charge is 0.158 e. The Kier molecular flexibility index (Phi) is 7.89. The van der Waals surface area contributed by atoms with Crippen molar-refractivity contribution in [2.45, 2.75) is 136 Å². The third-order valence-electron chi connectivity index (χ3n) is 11.9. The van der Waals surface area contributed by atoms with E-state index < -0.39 is 0 Å². The lowest BCUT2D eigenvalue weighted by Gasteiger charge is -2.60. The van der Waals surface area contributed by atoms with E-state index in [0.29, 0.717) is 23.7 Å².